The number of unbranched alkanes of at least 4 members (excludes halogenated alkanes) is 1. The molecule has 0 atom stereocenters. The van der Waals surface area contributed by atoms with Crippen molar-refractivity contribution >= 4 is 43.5 Å². The molecule has 2 aromatic heterocycles. The van der Waals surface area contributed by atoms with E-state index < -0.39 is 10.0 Å². The molecule has 0 unspecified atom stereocenters. The van der Waals surface area contributed by atoms with Gasteiger partial charge in [-0.1, -0.05) is 43.7 Å². The molecule has 0 N–H and O–H groups in total. The number of fused-ring (bicyclic) bond motifs is 3. The van der Waals surface area contributed by atoms with Crippen LogP contribution in [-0.2, 0) is 29.3 Å². The minimum absolute atomic E-state index is 0.462. The summed E-state index contributed by atoms with van der Waals surface area (Å²) in [4.78, 5) is 14.9. The Balaban J connectivity index is 1.38. The molecule has 0 amide bonds. The first kappa shape index (κ1) is 23.5. The lowest BCUT2D eigenvalue weighted by Crippen LogP contribution is -2.48. The van der Waals surface area contributed by atoms with Gasteiger partial charge in [0.15, 0.2) is 0 Å². The maximum atomic E-state index is 12.9. The summed E-state index contributed by atoms with van der Waals surface area (Å²) in [6.45, 7) is 4.40. The largest absolute Gasteiger partial charge is 0.353 e. The van der Waals surface area contributed by atoms with Gasteiger partial charge in [-0.3, -0.25) is 0 Å². The van der Waals surface area contributed by atoms with Gasteiger partial charge in [0.05, 0.1) is 5.39 Å². The van der Waals surface area contributed by atoms with E-state index in [0.717, 1.165) is 54.1 Å². The van der Waals surface area contributed by atoms with Crippen LogP contribution in [0, 0.1) is 0 Å². The first-order valence-electron chi connectivity index (χ1n) is 12.3. The van der Waals surface area contributed by atoms with Gasteiger partial charge in [0.25, 0.3) is 0 Å². The number of aromatic nitrogens is 2. The van der Waals surface area contributed by atoms with Gasteiger partial charge in [0, 0.05) is 42.9 Å². The highest BCUT2D eigenvalue weighted by atomic mass is 32.2. The van der Waals surface area contributed by atoms with E-state index >= 15 is 0 Å². The van der Waals surface area contributed by atoms with Crippen molar-refractivity contribution in [3.63, 3.8) is 0 Å². The van der Waals surface area contributed by atoms with E-state index in [1.165, 1.54) is 34.1 Å². The molecule has 1 aliphatic heterocycles. The molecule has 5 rings (SSSR count). The normalized spacial score (nSPS) is 17.5. The van der Waals surface area contributed by atoms with Crippen LogP contribution in [0.15, 0.2) is 35.7 Å². The van der Waals surface area contributed by atoms with Gasteiger partial charge in [0.1, 0.15) is 16.5 Å². The van der Waals surface area contributed by atoms with Gasteiger partial charge in [-0.05, 0) is 49.3 Å². The van der Waals surface area contributed by atoms with Crippen molar-refractivity contribution in [1.29, 1.82) is 0 Å². The second-order valence-electron chi connectivity index (χ2n) is 9.10. The molecule has 0 bridgehead atoms. The molecule has 0 radical (unpaired) electrons. The molecule has 8 heteroatoms. The zero-order valence-electron chi connectivity index (χ0n) is 19.7. The van der Waals surface area contributed by atoms with Crippen LogP contribution in [0.4, 0.5) is 5.82 Å². The van der Waals surface area contributed by atoms with Gasteiger partial charge >= 0.3 is 0 Å². The van der Waals surface area contributed by atoms with Crippen molar-refractivity contribution in [3.8, 4) is 0 Å². The smallest absolute Gasteiger partial charge is 0.236 e. The van der Waals surface area contributed by atoms with E-state index in [9.17, 15) is 8.42 Å². The average Bonchev–Trinajstić information content (AvgIpc) is 3.25. The number of thiophene rings is 1. The fourth-order valence-electron chi connectivity index (χ4n) is 4.83. The summed E-state index contributed by atoms with van der Waals surface area (Å²) < 4.78 is 27.5. The quantitative estimate of drug-likeness (QED) is 0.459. The van der Waals surface area contributed by atoms with Crippen molar-refractivity contribution in [1.82, 2.24) is 14.3 Å². The number of anilines is 1. The summed E-state index contributed by atoms with van der Waals surface area (Å²) in [5.41, 5.74) is 2.32. The minimum atomic E-state index is -3.46. The number of benzene rings is 1. The summed E-state index contributed by atoms with van der Waals surface area (Å²) in [7, 11) is -3.46. The highest BCUT2D eigenvalue weighted by Crippen LogP contribution is 2.40. The molecule has 3 aromatic rings. The first-order valence-corrected chi connectivity index (χ1v) is 14.7. The Morgan fingerprint density at radius 1 is 1.03 bits per heavy atom. The van der Waals surface area contributed by atoms with E-state index in [4.69, 9.17) is 9.97 Å². The molecule has 2 aliphatic rings. The Kier molecular flexibility index (Phi) is 6.99. The maximum Gasteiger partial charge on any atom is 0.236 e. The Morgan fingerprint density at radius 2 is 1.79 bits per heavy atom. The van der Waals surface area contributed by atoms with Gasteiger partial charge in [0.2, 0.25) is 10.0 Å². The summed E-state index contributed by atoms with van der Waals surface area (Å²) in [6.07, 6.45) is 9.46. The molecule has 0 saturated carbocycles. The van der Waals surface area contributed by atoms with E-state index in [1.54, 1.807) is 10.4 Å². The second kappa shape index (κ2) is 10.1. The Morgan fingerprint density at radius 3 is 2.56 bits per heavy atom. The van der Waals surface area contributed by atoms with Crippen molar-refractivity contribution in [2.45, 2.75) is 51.9 Å². The fourth-order valence-corrected chi connectivity index (χ4v) is 7.27. The van der Waals surface area contributed by atoms with Gasteiger partial charge < -0.3 is 4.90 Å². The van der Waals surface area contributed by atoms with E-state index in [-0.39, 0.29) is 0 Å². The van der Waals surface area contributed by atoms with Gasteiger partial charge in [-0.15, -0.1) is 11.3 Å². The van der Waals surface area contributed by atoms with Crippen LogP contribution < -0.4 is 4.90 Å². The summed E-state index contributed by atoms with van der Waals surface area (Å²) in [5, 5.41) is 2.55. The molecule has 1 aromatic carbocycles. The predicted molar refractivity (Wildman–Crippen MR) is 141 cm³/mol. The van der Waals surface area contributed by atoms with Crippen LogP contribution in [0.25, 0.3) is 16.3 Å². The monoisotopic (exact) mass is 496 g/mol. The highest BCUT2D eigenvalue weighted by molar-refractivity contribution is 7.92. The summed E-state index contributed by atoms with van der Waals surface area (Å²) in [6, 6.07) is 9.55. The minimum Gasteiger partial charge on any atom is -0.353 e. The van der Waals surface area contributed by atoms with Crippen LogP contribution in [0.5, 0.6) is 0 Å². The van der Waals surface area contributed by atoms with Crippen molar-refractivity contribution in [2.75, 3.05) is 31.1 Å². The lowest BCUT2D eigenvalue weighted by Gasteiger charge is -2.34. The predicted octanol–water partition coefficient (Wildman–Crippen LogP) is 5.04. The molecule has 1 fully saturated rings. The standard InChI is InChI=1S/C26H32N4O2S2/c1-2-3-13-23-27-25(24-21-11-7-8-12-22(21)33-26(24)28-23)29-15-17-30(18-16-29)34(31,32)19-14-20-9-5-4-6-10-20/h4-6,9-10,14,19H,2-3,7-8,11-13,15-18H2,1H3/b19-14+. The molecular weight excluding hydrogens is 464 g/mol. The van der Waals surface area contributed by atoms with E-state index in [1.807, 2.05) is 41.7 Å². The van der Waals surface area contributed by atoms with Crippen LogP contribution in [0.2, 0.25) is 0 Å². The number of hydrogen-bond acceptors (Lipinski definition) is 6. The van der Waals surface area contributed by atoms with Crippen molar-refractivity contribution < 1.29 is 8.42 Å². The molecule has 6 nitrogen and oxygen atoms in total. The molecule has 34 heavy (non-hydrogen) atoms. The van der Waals surface area contributed by atoms with Crippen molar-refractivity contribution in [2.24, 2.45) is 0 Å². The molecular formula is C26H32N4O2S2. The Bertz CT molecular complexity index is 1280. The zero-order valence-corrected chi connectivity index (χ0v) is 21.4. The zero-order chi connectivity index (χ0) is 23.5. The molecule has 1 aliphatic carbocycles. The number of aryl methyl sites for hydroxylation is 3. The third-order valence-corrected chi connectivity index (χ3v) is 9.48. The third kappa shape index (κ3) is 4.90. The first-order chi connectivity index (χ1) is 16.5. The van der Waals surface area contributed by atoms with Crippen LogP contribution >= 0.6 is 11.3 Å². The average molecular weight is 497 g/mol. The number of hydrogen-bond donors (Lipinski definition) is 0. The lowest BCUT2D eigenvalue weighted by atomic mass is 9.97. The summed E-state index contributed by atoms with van der Waals surface area (Å²) >= 11 is 1.84. The van der Waals surface area contributed by atoms with Gasteiger partial charge in [-0.25, -0.2) is 18.4 Å². The number of piperazine rings is 1. The Hall–Kier alpha value is -2.29. The number of rotatable bonds is 7. The van der Waals surface area contributed by atoms with Crippen molar-refractivity contribution in [3.05, 3.63) is 57.6 Å². The number of sulfonamides is 1. The van der Waals surface area contributed by atoms with E-state index in [2.05, 4.69) is 11.8 Å². The highest BCUT2D eigenvalue weighted by Gasteiger charge is 2.29. The Labute approximate surface area is 206 Å². The third-order valence-electron chi connectivity index (χ3n) is 6.73. The number of nitrogens with zero attached hydrogens (tertiary/aromatic N) is 4. The maximum absolute atomic E-state index is 12.9. The van der Waals surface area contributed by atoms with Crippen LogP contribution in [0.1, 0.15) is 54.4 Å². The lowest BCUT2D eigenvalue weighted by molar-refractivity contribution is 0.389. The molecule has 3 heterocycles. The summed E-state index contributed by atoms with van der Waals surface area (Å²) in [5.74, 6) is 1.94. The molecule has 0 spiro atoms. The fraction of sp³-hybridized carbons (Fsp3) is 0.462. The van der Waals surface area contributed by atoms with Crippen LogP contribution in [0.3, 0.4) is 0 Å². The van der Waals surface area contributed by atoms with Crippen LogP contribution in [-0.4, -0.2) is 48.9 Å². The van der Waals surface area contributed by atoms with E-state index in [0.29, 0.717) is 26.2 Å². The SMILES string of the molecule is CCCCc1nc(N2CCN(S(=O)(=O)/C=C/c3ccccc3)CC2)c2c3c(sc2n1)CCCC3. The topological polar surface area (TPSA) is 66.4 Å². The van der Waals surface area contributed by atoms with Gasteiger partial charge in [-0.2, -0.15) is 4.31 Å². The molecule has 180 valence electrons. The molecule has 1 saturated heterocycles. The second-order valence-corrected chi connectivity index (χ2v) is 12.0.